The van der Waals surface area contributed by atoms with Crippen molar-refractivity contribution in [1.82, 2.24) is 10.1 Å². The molecule has 4 nitrogen and oxygen atoms in total. The van der Waals surface area contributed by atoms with Crippen molar-refractivity contribution in [1.29, 1.82) is 0 Å². The van der Waals surface area contributed by atoms with Gasteiger partial charge in [0.1, 0.15) is 5.82 Å². The maximum Gasteiger partial charge on any atom is 0.258 e. The van der Waals surface area contributed by atoms with Crippen molar-refractivity contribution in [3.05, 3.63) is 52.8 Å². The molecule has 0 unspecified atom stereocenters. The zero-order chi connectivity index (χ0) is 14.1. The second-order valence-corrected chi connectivity index (χ2v) is 5.03. The van der Waals surface area contributed by atoms with Crippen molar-refractivity contribution in [3.63, 3.8) is 0 Å². The highest BCUT2D eigenvalue weighted by molar-refractivity contribution is 9.10. The van der Waals surface area contributed by atoms with Gasteiger partial charge in [-0.3, -0.25) is 0 Å². The average molecular weight is 334 g/mol. The Morgan fingerprint density at radius 2 is 1.95 bits per heavy atom. The molecule has 1 heterocycles. The van der Waals surface area contributed by atoms with Crippen LogP contribution in [-0.4, -0.2) is 10.1 Å². The molecule has 0 fully saturated rings. The number of nitrogens with zero attached hydrogens (tertiary/aromatic N) is 2. The number of benzene rings is 2. The Bertz CT molecular complexity index is 773. The number of hydrogen-bond acceptors (Lipinski definition) is 4. The van der Waals surface area contributed by atoms with Crippen molar-refractivity contribution in [3.8, 4) is 22.8 Å². The lowest BCUT2D eigenvalue weighted by atomic mass is 10.2. The van der Waals surface area contributed by atoms with Gasteiger partial charge in [-0.05, 0) is 52.3 Å². The van der Waals surface area contributed by atoms with Crippen LogP contribution in [0.2, 0.25) is 0 Å². The number of aromatic nitrogens is 2. The largest absolute Gasteiger partial charge is 0.399 e. The quantitative estimate of drug-likeness (QED) is 0.722. The first kappa shape index (κ1) is 12.8. The molecule has 0 atom stereocenters. The monoisotopic (exact) mass is 333 g/mol. The normalized spacial score (nSPS) is 10.7. The molecule has 3 rings (SSSR count). The number of rotatable bonds is 2. The van der Waals surface area contributed by atoms with Crippen LogP contribution in [0.3, 0.4) is 0 Å². The number of halogens is 2. The fraction of sp³-hybridized carbons (Fsp3) is 0. The van der Waals surface area contributed by atoms with Crippen LogP contribution in [0.25, 0.3) is 22.8 Å². The maximum absolute atomic E-state index is 13.2. The van der Waals surface area contributed by atoms with E-state index in [1.165, 1.54) is 6.07 Å². The summed E-state index contributed by atoms with van der Waals surface area (Å²) < 4.78 is 18.8. The van der Waals surface area contributed by atoms with Crippen LogP contribution < -0.4 is 5.73 Å². The Morgan fingerprint density at radius 3 is 2.70 bits per heavy atom. The van der Waals surface area contributed by atoms with Gasteiger partial charge in [0.2, 0.25) is 5.82 Å². The van der Waals surface area contributed by atoms with E-state index >= 15 is 0 Å². The third kappa shape index (κ3) is 2.42. The molecular formula is C14H9BrFN3O. The third-order valence-electron chi connectivity index (χ3n) is 2.74. The van der Waals surface area contributed by atoms with Gasteiger partial charge in [-0.25, -0.2) is 4.39 Å². The van der Waals surface area contributed by atoms with Crippen LogP contribution in [-0.2, 0) is 0 Å². The minimum atomic E-state index is -0.340. The average Bonchev–Trinajstić information content (AvgIpc) is 2.92. The van der Waals surface area contributed by atoms with Gasteiger partial charge in [0.25, 0.3) is 5.89 Å². The summed E-state index contributed by atoms with van der Waals surface area (Å²) in [6, 6.07) is 11.7. The zero-order valence-corrected chi connectivity index (χ0v) is 11.8. The van der Waals surface area contributed by atoms with Gasteiger partial charge in [-0.1, -0.05) is 11.2 Å². The molecule has 100 valence electrons. The molecule has 1 aromatic heterocycles. The summed E-state index contributed by atoms with van der Waals surface area (Å²) in [5.74, 6) is 0.421. The number of nitrogen functional groups attached to an aromatic ring is 1. The first-order valence-electron chi connectivity index (χ1n) is 5.78. The van der Waals surface area contributed by atoms with Gasteiger partial charge in [0.05, 0.1) is 4.47 Å². The third-order valence-corrected chi connectivity index (χ3v) is 3.35. The SMILES string of the molecule is Nc1cccc(-c2nc(-c3ccc(F)c(Br)c3)no2)c1. The topological polar surface area (TPSA) is 64.9 Å². The van der Waals surface area contributed by atoms with E-state index < -0.39 is 0 Å². The second-order valence-electron chi connectivity index (χ2n) is 4.18. The smallest absolute Gasteiger partial charge is 0.258 e. The van der Waals surface area contributed by atoms with Crippen LogP contribution in [0.1, 0.15) is 0 Å². The molecular weight excluding hydrogens is 325 g/mol. The molecule has 20 heavy (non-hydrogen) atoms. The number of hydrogen-bond donors (Lipinski definition) is 1. The summed E-state index contributed by atoms with van der Waals surface area (Å²) in [6.07, 6.45) is 0. The van der Waals surface area contributed by atoms with Crippen LogP contribution >= 0.6 is 15.9 Å². The Morgan fingerprint density at radius 1 is 1.10 bits per heavy atom. The van der Waals surface area contributed by atoms with Crippen molar-refractivity contribution in [2.75, 3.05) is 5.73 Å². The predicted molar refractivity (Wildman–Crippen MR) is 77.2 cm³/mol. The number of nitrogens with two attached hydrogens (primary N) is 1. The molecule has 0 aliphatic heterocycles. The van der Waals surface area contributed by atoms with E-state index in [4.69, 9.17) is 10.3 Å². The van der Waals surface area contributed by atoms with Crippen molar-refractivity contribution in [2.45, 2.75) is 0 Å². The fourth-order valence-corrected chi connectivity index (χ4v) is 2.14. The van der Waals surface area contributed by atoms with Crippen LogP contribution in [0.15, 0.2) is 51.5 Å². The van der Waals surface area contributed by atoms with Crippen LogP contribution in [0.5, 0.6) is 0 Å². The van der Waals surface area contributed by atoms with Gasteiger partial charge in [0, 0.05) is 16.8 Å². The summed E-state index contributed by atoms with van der Waals surface area (Å²) in [7, 11) is 0. The summed E-state index contributed by atoms with van der Waals surface area (Å²) in [5.41, 5.74) is 7.73. The molecule has 0 aliphatic carbocycles. The standard InChI is InChI=1S/C14H9BrFN3O/c15-11-7-8(4-5-12(11)16)13-18-14(20-19-13)9-2-1-3-10(17)6-9/h1-7H,17H2. The lowest BCUT2D eigenvalue weighted by Gasteiger charge is -1.97. The predicted octanol–water partition coefficient (Wildman–Crippen LogP) is 3.89. The molecule has 0 saturated heterocycles. The summed E-state index contributed by atoms with van der Waals surface area (Å²) in [4.78, 5) is 4.29. The van der Waals surface area contributed by atoms with Gasteiger partial charge in [0.15, 0.2) is 0 Å². The fourth-order valence-electron chi connectivity index (χ4n) is 1.76. The second kappa shape index (κ2) is 5.05. The number of anilines is 1. The molecule has 6 heteroatoms. The highest BCUT2D eigenvalue weighted by Crippen LogP contribution is 2.26. The van der Waals surface area contributed by atoms with Gasteiger partial charge in [-0.15, -0.1) is 0 Å². The Labute approximate surface area is 122 Å². The van der Waals surface area contributed by atoms with Gasteiger partial charge >= 0.3 is 0 Å². The molecule has 0 amide bonds. The van der Waals surface area contributed by atoms with E-state index in [1.54, 1.807) is 24.3 Å². The van der Waals surface area contributed by atoms with E-state index in [9.17, 15) is 4.39 Å². The van der Waals surface area contributed by atoms with E-state index in [0.717, 1.165) is 5.56 Å². The summed E-state index contributed by atoms with van der Waals surface area (Å²) in [6.45, 7) is 0. The Hall–Kier alpha value is -2.21. The van der Waals surface area contributed by atoms with Crippen molar-refractivity contribution < 1.29 is 8.91 Å². The van der Waals surface area contributed by atoms with Gasteiger partial charge in [-0.2, -0.15) is 4.98 Å². The first-order chi connectivity index (χ1) is 9.63. The van der Waals surface area contributed by atoms with E-state index in [2.05, 4.69) is 26.1 Å². The molecule has 0 bridgehead atoms. The maximum atomic E-state index is 13.2. The zero-order valence-electron chi connectivity index (χ0n) is 10.2. The molecule has 2 aromatic carbocycles. The molecule has 0 spiro atoms. The first-order valence-corrected chi connectivity index (χ1v) is 6.58. The minimum Gasteiger partial charge on any atom is -0.399 e. The van der Waals surface area contributed by atoms with E-state index in [-0.39, 0.29) is 5.82 Å². The van der Waals surface area contributed by atoms with E-state index in [1.807, 2.05) is 12.1 Å². The lowest BCUT2D eigenvalue weighted by molar-refractivity contribution is 0.432. The van der Waals surface area contributed by atoms with Crippen molar-refractivity contribution in [2.24, 2.45) is 0 Å². The van der Waals surface area contributed by atoms with Crippen LogP contribution in [0.4, 0.5) is 10.1 Å². The van der Waals surface area contributed by atoms with Crippen LogP contribution in [0, 0.1) is 5.82 Å². The molecule has 3 aromatic rings. The van der Waals surface area contributed by atoms with Crippen molar-refractivity contribution >= 4 is 21.6 Å². The lowest BCUT2D eigenvalue weighted by Crippen LogP contribution is -1.86. The Kier molecular flexibility index (Phi) is 3.23. The van der Waals surface area contributed by atoms with E-state index in [0.29, 0.717) is 27.4 Å². The molecule has 0 saturated carbocycles. The molecule has 0 aliphatic rings. The Balaban J connectivity index is 1.99. The molecule has 0 radical (unpaired) electrons. The minimum absolute atomic E-state index is 0.340. The summed E-state index contributed by atoms with van der Waals surface area (Å²) >= 11 is 3.13. The molecule has 2 N–H and O–H groups in total. The van der Waals surface area contributed by atoms with Gasteiger partial charge < -0.3 is 10.3 Å². The summed E-state index contributed by atoms with van der Waals surface area (Å²) in [5, 5.41) is 3.89. The highest BCUT2D eigenvalue weighted by atomic mass is 79.9. The highest BCUT2D eigenvalue weighted by Gasteiger charge is 2.12.